The molecule has 40 heavy (non-hydrogen) atoms. The lowest BCUT2D eigenvalue weighted by atomic mass is 10.1. The summed E-state index contributed by atoms with van der Waals surface area (Å²) < 4.78 is 48.1. The summed E-state index contributed by atoms with van der Waals surface area (Å²) >= 11 is 0. The van der Waals surface area contributed by atoms with E-state index >= 15 is 0 Å². The first kappa shape index (κ1) is 34.5. The quantitative estimate of drug-likeness (QED) is 0.0958. The average molecular weight is 593 g/mol. The van der Waals surface area contributed by atoms with Crippen LogP contribution in [0, 0.1) is 0 Å². The SMILES string of the molecule is CCCCCCc1ccc(CS(=O)(=O)c2ccc(OCCCCCCCCCC[Si](OC)(OC)OC)cc2)cc1. The molecule has 0 atom stereocenters. The zero-order valence-corrected chi connectivity index (χ0v) is 27.1. The van der Waals surface area contributed by atoms with Crippen LogP contribution in [0.15, 0.2) is 53.4 Å². The molecule has 2 aromatic rings. The molecule has 226 valence electrons. The van der Waals surface area contributed by atoms with Crippen molar-refractivity contribution in [1.29, 1.82) is 0 Å². The smallest absolute Gasteiger partial charge is 0.494 e. The van der Waals surface area contributed by atoms with Gasteiger partial charge < -0.3 is 18.0 Å². The van der Waals surface area contributed by atoms with Gasteiger partial charge in [0.25, 0.3) is 0 Å². The minimum absolute atomic E-state index is 0.0132. The van der Waals surface area contributed by atoms with Crippen molar-refractivity contribution in [3.63, 3.8) is 0 Å². The Morgan fingerprint density at radius 2 is 1.15 bits per heavy atom. The number of rotatable bonds is 23. The monoisotopic (exact) mass is 592 g/mol. The van der Waals surface area contributed by atoms with Crippen LogP contribution in [0.2, 0.25) is 6.04 Å². The van der Waals surface area contributed by atoms with Crippen molar-refractivity contribution in [2.75, 3.05) is 27.9 Å². The lowest BCUT2D eigenvalue weighted by Crippen LogP contribution is -2.42. The highest BCUT2D eigenvalue weighted by Gasteiger charge is 2.36. The van der Waals surface area contributed by atoms with Gasteiger partial charge in [-0.3, -0.25) is 0 Å². The van der Waals surface area contributed by atoms with Crippen LogP contribution < -0.4 is 4.74 Å². The van der Waals surface area contributed by atoms with E-state index < -0.39 is 18.6 Å². The van der Waals surface area contributed by atoms with Gasteiger partial charge in [0.1, 0.15) is 5.75 Å². The Labute approximate surface area is 245 Å². The van der Waals surface area contributed by atoms with Gasteiger partial charge >= 0.3 is 8.80 Å². The van der Waals surface area contributed by atoms with Crippen molar-refractivity contribution in [1.82, 2.24) is 0 Å². The maximum atomic E-state index is 12.9. The molecule has 0 bridgehead atoms. The van der Waals surface area contributed by atoms with Crippen molar-refractivity contribution < 1.29 is 26.4 Å². The summed E-state index contributed by atoms with van der Waals surface area (Å²) in [6.45, 7) is 2.86. The first-order valence-electron chi connectivity index (χ1n) is 15.1. The summed E-state index contributed by atoms with van der Waals surface area (Å²) in [5.41, 5.74) is 2.10. The minimum Gasteiger partial charge on any atom is -0.494 e. The topological polar surface area (TPSA) is 71.1 Å². The van der Waals surface area contributed by atoms with E-state index in [0.29, 0.717) is 17.3 Å². The molecule has 8 heteroatoms. The molecule has 2 rings (SSSR count). The second-order valence-corrected chi connectivity index (χ2v) is 15.7. The molecule has 0 heterocycles. The van der Waals surface area contributed by atoms with Crippen molar-refractivity contribution in [2.45, 2.75) is 107 Å². The highest BCUT2D eigenvalue weighted by atomic mass is 32.2. The van der Waals surface area contributed by atoms with Crippen molar-refractivity contribution >= 4 is 18.6 Å². The van der Waals surface area contributed by atoms with E-state index in [-0.39, 0.29) is 5.75 Å². The third-order valence-corrected chi connectivity index (χ3v) is 12.0. The molecule has 0 aromatic heterocycles. The third-order valence-electron chi connectivity index (χ3n) is 7.46. The Balaban J connectivity index is 1.60. The number of hydrogen-bond donors (Lipinski definition) is 0. The Morgan fingerprint density at radius 1 is 0.625 bits per heavy atom. The molecule has 6 nitrogen and oxygen atoms in total. The number of hydrogen-bond acceptors (Lipinski definition) is 6. The Hall–Kier alpha value is -1.71. The molecule has 0 unspecified atom stereocenters. The van der Waals surface area contributed by atoms with E-state index in [4.69, 9.17) is 18.0 Å². The van der Waals surface area contributed by atoms with E-state index in [1.165, 1.54) is 63.4 Å². The largest absolute Gasteiger partial charge is 0.500 e. The van der Waals surface area contributed by atoms with Gasteiger partial charge in [-0.2, -0.15) is 0 Å². The fourth-order valence-corrected chi connectivity index (χ4v) is 8.00. The summed E-state index contributed by atoms with van der Waals surface area (Å²) in [5, 5.41) is 0. The average Bonchev–Trinajstić information content (AvgIpc) is 2.97. The standard InChI is InChI=1S/C32H52O6SSi/c1-5-6-7-14-17-29-18-20-30(21-19-29)28-39(33,34)32-24-22-31(23-25-32)38-26-15-12-10-8-9-11-13-16-27-40(35-2,36-3)37-4/h18-25H,5-17,26-28H2,1-4H3. The van der Waals surface area contributed by atoms with Gasteiger partial charge in [-0.1, -0.05) is 89.0 Å². The van der Waals surface area contributed by atoms with E-state index in [1.807, 2.05) is 12.1 Å². The van der Waals surface area contributed by atoms with Gasteiger partial charge in [0.15, 0.2) is 9.84 Å². The summed E-state index contributed by atoms with van der Waals surface area (Å²) in [6, 6.07) is 15.7. The van der Waals surface area contributed by atoms with Crippen LogP contribution in [-0.2, 0) is 35.3 Å². The molecule has 0 aliphatic carbocycles. The van der Waals surface area contributed by atoms with Gasteiger partial charge in [0.2, 0.25) is 0 Å². The molecule has 0 N–H and O–H groups in total. The van der Waals surface area contributed by atoms with Crippen LogP contribution in [0.5, 0.6) is 5.75 Å². The van der Waals surface area contributed by atoms with Crippen LogP contribution in [0.3, 0.4) is 0 Å². The molecule has 0 radical (unpaired) electrons. The highest BCUT2D eigenvalue weighted by molar-refractivity contribution is 7.90. The lowest BCUT2D eigenvalue weighted by Gasteiger charge is -2.24. The van der Waals surface area contributed by atoms with Crippen LogP contribution >= 0.6 is 0 Å². The van der Waals surface area contributed by atoms with E-state index in [9.17, 15) is 8.42 Å². The number of ether oxygens (including phenoxy) is 1. The summed E-state index contributed by atoms with van der Waals surface area (Å²) in [4.78, 5) is 0.336. The van der Waals surface area contributed by atoms with Crippen molar-refractivity contribution in [2.24, 2.45) is 0 Å². The first-order chi connectivity index (χ1) is 19.4. The maximum Gasteiger partial charge on any atom is 0.500 e. The molecule has 0 saturated heterocycles. The van der Waals surface area contributed by atoms with Gasteiger partial charge in [-0.15, -0.1) is 0 Å². The molecule has 0 saturated carbocycles. The van der Waals surface area contributed by atoms with Crippen molar-refractivity contribution in [3.8, 4) is 5.75 Å². The fraction of sp³-hybridized carbons (Fsp3) is 0.625. The summed E-state index contributed by atoms with van der Waals surface area (Å²) in [6.07, 6.45) is 15.3. The number of benzene rings is 2. The summed E-state index contributed by atoms with van der Waals surface area (Å²) in [7, 11) is -0.812. The lowest BCUT2D eigenvalue weighted by molar-refractivity contribution is 0.122. The molecule has 0 aliphatic heterocycles. The van der Waals surface area contributed by atoms with Gasteiger partial charge in [0, 0.05) is 27.4 Å². The fourth-order valence-electron chi connectivity index (χ4n) is 4.85. The van der Waals surface area contributed by atoms with E-state index in [2.05, 4.69) is 19.1 Å². The molecular formula is C32H52O6SSi. The number of sulfone groups is 1. The normalized spacial score (nSPS) is 12.1. The van der Waals surface area contributed by atoms with Gasteiger partial charge in [0.05, 0.1) is 17.3 Å². The molecule has 0 spiro atoms. The number of unbranched alkanes of at least 4 members (excludes halogenated alkanes) is 10. The molecule has 0 fully saturated rings. The highest BCUT2D eigenvalue weighted by Crippen LogP contribution is 2.22. The second-order valence-electron chi connectivity index (χ2n) is 10.6. The predicted octanol–water partition coefficient (Wildman–Crippen LogP) is 8.16. The van der Waals surface area contributed by atoms with Gasteiger partial charge in [-0.25, -0.2) is 8.42 Å². The van der Waals surface area contributed by atoms with E-state index in [1.54, 1.807) is 45.6 Å². The summed E-state index contributed by atoms with van der Waals surface area (Å²) in [5.74, 6) is 0.730. The second kappa shape index (κ2) is 19.4. The minimum atomic E-state index is -3.40. The zero-order valence-electron chi connectivity index (χ0n) is 25.3. The first-order valence-corrected chi connectivity index (χ1v) is 18.7. The molecule has 0 aliphatic rings. The maximum absolute atomic E-state index is 12.9. The number of aryl methyl sites for hydroxylation is 1. The van der Waals surface area contributed by atoms with Crippen LogP contribution in [0.25, 0.3) is 0 Å². The van der Waals surface area contributed by atoms with Crippen LogP contribution in [0.1, 0.15) is 95.1 Å². The predicted molar refractivity (Wildman–Crippen MR) is 166 cm³/mol. The Morgan fingerprint density at radius 3 is 1.73 bits per heavy atom. The van der Waals surface area contributed by atoms with Crippen LogP contribution in [-0.4, -0.2) is 45.2 Å². The van der Waals surface area contributed by atoms with Gasteiger partial charge in [-0.05, 0) is 61.1 Å². The Kier molecular flexibility index (Phi) is 16.7. The molecular weight excluding hydrogens is 540 g/mol. The molecule has 2 aromatic carbocycles. The van der Waals surface area contributed by atoms with Crippen LogP contribution in [0.4, 0.5) is 0 Å². The molecule has 0 amide bonds. The van der Waals surface area contributed by atoms with Crippen molar-refractivity contribution in [3.05, 3.63) is 59.7 Å². The Bertz CT molecular complexity index is 1010. The van der Waals surface area contributed by atoms with E-state index in [0.717, 1.165) is 37.3 Å². The zero-order chi connectivity index (χ0) is 29.1. The third kappa shape index (κ3) is 12.9.